The van der Waals surface area contributed by atoms with Crippen LogP contribution in [0.15, 0.2) is 60.2 Å². The molecule has 4 aromatic rings. The summed E-state index contributed by atoms with van der Waals surface area (Å²) in [5.41, 5.74) is 4.91. The topological polar surface area (TPSA) is 37.5 Å². The monoisotopic (exact) mass is 340 g/mol. The molecule has 0 saturated heterocycles. The molecule has 5 heteroatoms. The first-order valence-corrected chi connectivity index (χ1v) is 8.42. The van der Waals surface area contributed by atoms with Gasteiger partial charge in [-0.1, -0.05) is 23.7 Å². The van der Waals surface area contributed by atoms with E-state index in [1.807, 2.05) is 52.4 Å². The van der Waals surface area contributed by atoms with Crippen LogP contribution < -0.4 is 0 Å². The maximum atomic E-state index is 9.20. The van der Waals surface area contributed by atoms with Gasteiger partial charge in [-0.05, 0) is 41.3 Å². The first-order valence-electron chi connectivity index (χ1n) is 7.16. The molecule has 0 aliphatic carbocycles. The van der Waals surface area contributed by atoms with Gasteiger partial charge in [-0.25, -0.2) is 4.98 Å². The average Bonchev–Trinajstić information content (AvgIpc) is 3.21. The van der Waals surface area contributed by atoms with E-state index < -0.39 is 0 Å². The van der Waals surface area contributed by atoms with E-state index >= 15 is 0 Å². The molecule has 0 fully saturated rings. The van der Waals surface area contributed by atoms with Crippen molar-refractivity contribution in [2.75, 3.05) is 0 Å². The van der Waals surface area contributed by atoms with Gasteiger partial charge in [-0.2, -0.15) is 0 Å². The van der Waals surface area contributed by atoms with Gasteiger partial charge in [-0.15, -0.1) is 11.3 Å². The minimum atomic E-state index is 0.0739. The largest absolute Gasteiger partial charge is 0.392 e. The highest BCUT2D eigenvalue weighted by molar-refractivity contribution is 7.13. The summed E-state index contributed by atoms with van der Waals surface area (Å²) in [5, 5.41) is 11.9. The second kappa shape index (κ2) is 5.81. The number of halogens is 1. The molecule has 1 aromatic carbocycles. The Morgan fingerprint density at radius 1 is 1.04 bits per heavy atom. The fraction of sp³-hybridized carbons (Fsp3) is 0.0556. The molecular weight excluding hydrogens is 328 g/mol. The molecule has 3 aromatic heterocycles. The van der Waals surface area contributed by atoms with Crippen molar-refractivity contribution in [1.82, 2.24) is 9.38 Å². The second-order valence-corrected chi connectivity index (χ2v) is 6.64. The third kappa shape index (κ3) is 2.77. The van der Waals surface area contributed by atoms with Crippen molar-refractivity contribution in [3.63, 3.8) is 0 Å². The highest BCUT2D eigenvalue weighted by atomic mass is 35.5. The second-order valence-electron chi connectivity index (χ2n) is 5.29. The van der Waals surface area contributed by atoms with Crippen molar-refractivity contribution < 1.29 is 5.11 Å². The summed E-state index contributed by atoms with van der Waals surface area (Å²) < 4.78 is 2.03. The molecule has 0 saturated carbocycles. The van der Waals surface area contributed by atoms with Crippen molar-refractivity contribution >= 4 is 28.6 Å². The molecule has 0 bridgehead atoms. The molecule has 23 heavy (non-hydrogen) atoms. The van der Waals surface area contributed by atoms with Crippen molar-refractivity contribution in [3.8, 4) is 21.7 Å². The number of aliphatic hydroxyl groups excluding tert-OH is 1. The third-order valence-corrected chi connectivity index (χ3v) is 4.99. The molecular formula is C18H13ClN2OS. The van der Waals surface area contributed by atoms with Crippen LogP contribution in [0.25, 0.3) is 27.3 Å². The normalized spacial score (nSPS) is 11.2. The van der Waals surface area contributed by atoms with E-state index in [9.17, 15) is 5.11 Å². The Morgan fingerprint density at radius 2 is 1.83 bits per heavy atom. The van der Waals surface area contributed by atoms with Gasteiger partial charge in [0.05, 0.1) is 12.3 Å². The Labute approximate surface area is 142 Å². The molecule has 4 rings (SSSR count). The number of benzene rings is 1. The fourth-order valence-corrected chi connectivity index (χ4v) is 3.53. The molecule has 0 amide bonds. The van der Waals surface area contributed by atoms with Gasteiger partial charge in [0.2, 0.25) is 0 Å². The number of aromatic nitrogens is 2. The van der Waals surface area contributed by atoms with Crippen molar-refractivity contribution in [1.29, 1.82) is 0 Å². The number of thiophene rings is 1. The standard InChI is InChI=1S/C18H13ClN2OS/c19-15-4-1-13(2-5-15)16-9-21-8-14(3-6-18(21)20-16)17-7-12(10-22)11-23-17/h1-9,11,22H,10H2. The van der Waals surface area contributed by atoms with E-state index in [0.717, 1.165) is 37.9 Å². The predicted molar refractivity (Wildman–Crippen MR) is 94.9 cm³/mol. The van der Waals surface area contributed by atoms with Crippen LogP contribution in [0.4, 0.5) is 0 Å². The van der Waals surface area contributed by atoms with Crippen molar-refractivity contribution in [2.24, 2.45) is 0 Å². The van der Waals surface area contributed by atoms with Gasteiger partial charge in [-0.3, -0.25) is 0 Å². The lowest BCUT2D eigenvalue weighted by Gasteiger charge is -1.98. The molecule has 0 aliphatic rings. The predicted octanol–water partition coefficient (Wildman–Crippen LogP) is 4.88. The molecule has 114 valence electrons. The number of imidazole rings is 1. The minimum Gasteiger partial charge on any atom is -0.392 e. The van der Waals surface area contributed by atoms with Crippen LogP contribution in [0.3, 0.4) is 0 Å². The number of nitrogens with zero attached hydrogens (tertiary/aromatic N) is 2. The number of hydrogen-bond acceptors (Lipinski definition) is 3. The Kier molecular flexibility index (Phi) is 3.65. The highest BCUT2D eigenvalue weighted by Crippen LogP contribution is 2.28. The first kappa shape index (κ1) is 14.5. The smallest absolute Gasteiger partial charge is 0.137 e. The van der Waals surface area contributed by atoms with Gasteiger partial charge < -0.3 is 9.51 Å². The summed E-state index contributed by atoms with van der Waals surface area (Å²) >= 11 is 7.57. The van der Waals surface area contributed by atoms with Crippen molar-refractivity contribution in [3.05, 3.63) is 70.8 Å². The van der Waals surface area contributed by atoms with Gasteiger partial charge in [0, 0.05) is 33.4 Å². The van der Waals surface area contributed by atoms with E-state index in [4.69, 9.17) is 11.6 Å². The van der Waals surface area contributed by atoms with E-state index in [1.165, 1.54) is 0 Å². The van der Waals surface area contributed by atoms with Gasteiger partial charge in [0.1, 0.15) is 5.65 Å². The third-order valence-electron chi connectivity index (χ3n) is 3.71. The first-order chi connectivity index (χ1) is 11.2. The summed E-state index contributed by atoms with van der Waals surface area (Å²) in [7, 11) is 0. The van der Waals surface area contributed by atoms with Crippen LogP contribution in [-0.2, 0) is 6.61 Å². The van der Waals surface area contributed by atoms with Crippen LogP contribution in [0, 0.1) is 0 Å². The number of rotatable bonds is 3. The lowest BCUT2D eigenvalue weighted by atomic mass is 10.2. The SMILES string of the molecule is OCc1csc(-c2ccc3nc(-c4ccc(Cl)cc4)cn3c2)c1. The van der Waals surface area contributed by atoms with Crippen LogP contribution in [0.2, 0.25) is 5.02 Å². The van der Waals surface area contributed by atoms with Crippen LogP contribution in [0.1, 0.15) is 5.56 Å². The van der Waals surface area contributed by atoms with E-state index in [0.29, 0.717) is 0 Å². The minimum absolute atomic E-state index is 0.0739. The molecule has 0 spiro atoms. The Balaban J connectivity index is 1.75. The highest BCUT2D eigenvalue weighted by Gasteiger charge is 2.07. The quantitative estimate of drug-likeness (QED) is 0.577. The van der Waals surface area contributed by atoms with Gasteiger partial charge in [0.15, 0.2) is 0 Å². The fourth-order valence-electron chi connectivity index (χ4n) is 2.51. The molecule has 0 aliphatic heterocycles. The number of fused-ring (bicyclic) bond motifs is 1. The Hall–Kier alpha value is -2.14. The molecule has 3 heterocycles. The van der Waals surface area contributed by atoms with Crippen LogP contribution >= 0.6 is 22.9 Å². The van der Waals surface area contributed by atoms with Gasteiger partial charge in [0.25, 0.3) is 0 Å². The zero-order valence-corrected chi connectivity index (χ0v) is 13.7. The van der Waals surface area contributed by atoms with Gasteiger partial charge >= 0.3 is 0 Å². The lowest BCUT2D eigenvalue weighted by Crippen LogP contribution is -1.83. The summed E-state index contributed by atoms with van der Waals surface area (Å²) in [6, 6.07) is 13.8. The molecule has 3 nitrogen and oxygen atoms in total. The van der Waals surface area contributed by atoms with E-state index in [2.05, 4.69) is 17.2 Å². The molecule has 0 atom stereocenters. The summed E-state index contributed by atoms with van der Waals surface area (Å²) in [4.78, 5) is 5.79. The summed E-state index contributed by atoms with van der Waals surface area (Å²) in [6.07, 6.45) is 4.08. The lowest BCUT2D eigenvalue weighted by molar-refractivity contribution is 0.282. The summed E-state index contributed by atoms with van der Waals surface area (Å²) in [5.74, 6) is 0. The molecule has 0 unspecified atom stereocenters. The maximum absolute atomic E-state index is 9.20. The average molecular weight is 341 g/mol. The number of pyridine rings is 1. The summed E-state index contributed by atoms with van der Waals surface area (Å²) in [6.45, 7) is 0.0739. The van der Waals surface area contributed by atoms with E-state index in [-0.39, 0.29) is 6.61 Å². The maximum Gasteiger partial charge on any atom is 0.137 e. The van der Waals surface area contributed by atoms with E-state index in [1.54, 1.807) is 11.3 Å². The zero-order chi connectivity index (χ0) is 15.8. The number of hydrogen-bond donors (Lipinski definition) is 1. The number of aliphatic hydroxyl groups is 1. The Morgan fingerprint density at radius 3 is 2.57 bits per heavy atom. The van der Waals surface area contributed by atoms with Crippen molar-refractivity contribution in [2.45, 2.75) is 6.61 Å². The molecule has 1 N–H and O–H groups in total. The van der Waals surface area contributed by atoms with Crippen LogP contribution in [-0.4, -0.2) is 14.5 Å². The zero-order valence-electron chi connectivity index (χ0n) is 12.1. The molecule has 0 radical (unpaired) electrons. The van der Waals surface area contributed by atoms with Crippen LogP contribution in [0.5, 0.6) is 0 Å². The Bertz CT molecular complexity index is 972.